The Balaban J connectivity index is 1.60. The third-order valence-corrected chi connectivity index (χ3v) is 6.41. The first-order chi connectivity index (χ1) is 17.5. The number of imidazole rings is 1. The average Bonchev–Trinajstić information content (AvgIpc) is 3.24. The van der Waals surface area contributed by atoms with E-state index in [1.165, 1.54) is 7.11 Å². The molecule has 3 heterocycles. The maximum absolute atomic E-state index is 13.2. The number of pyridine rings is 1. The van der Waals surface area contributed by atoms with Gasteiger partial charge in [0.1, 0.15) is 23.3 Å². The van der Waals surface area contributed by atoms with Gasteiger partial charge in [-0.15, -0.1) is 0 Å². The number of aromatic nitrogens is 3. The molecule has 9 heteroatoms. The first kappa shape index (κ1) is 23.7. The van der Waals surface area contributed by atoms with Crippen LogP contribution < -0.4 is 0 Å². The molecular formula is C27H24ClN5O3. The van der Waals surface area contributed by atoms with Crippen molar-refractivity contribution in [1.82, 2.24) is 14.5 Å². The summed E-state index contributed by atoms with van der Waals surface area (Å²) in [5, 5.41) is 0.504. The quantitative estimate of drug-likeness (QED) is 0.354. The summed E-state index contributed by atoms with van der Waals surface area (Å²) >= 11 is 6.51. The van der Waals surface area contributed by atoms with Gasteiger partial charge in [0.05, 0.1) is 31.1 Å². The van der Waals surface area contributed by atoms with Crippen LogP contribution in [0.25, 0.3) is 16.7 Å². The number of rotatable bonds is 5. The van der Waals surface area contributed by atoms with Crippen molar-refractivity contribution in [3.63, 3.8) is 0 Å². The fourth-order valence-corrected chi connectivity index (χ4v) is 4.73. The highest BCUT2D eigenvalue weighted by Gasteiger charge is 2.40. The Morgan fingerprint density at radius 2 is 1.89 bits per heavy atom. The lowest BCUT2D eigenvalue weighted by Gasteiger charge is -2.28. The minimum absolute atomic E-state index is 0.170. The van der Waals surface area contributed by atoms with Crippen molar-refractivity contribution in [2.45, 2.75) is 19.9 Å². The molecule has 182 valence electrons. The van der Waals surface area contributed by atoms with Crippen LogP contribution in [0, 0.1) is 12.8 Å². The fourth-order valence-electron chi connectivity index (χ4n) is 4.48. The lowest BCUT2D eigenvalue weighted by atomic mass is 9.85. The molecule has 0 N–H and O–H groups in total. The van der Waals surface area contributed by atoms with Crippen molar-refractivity contribution in [1.29, 1.82) is 0 Å². The molecule has 0 bridgehead atoms. The van der Waals surface area contributed by atoms with Crippen LogP contribution in [0.4, 0.5) is 0 Å². The molecule has 2 aromatic carbocycles. The molecule has 0 radical (unpaired) electrons. The Morgan fingerprint density at radius 1 is 1.11 bits per heavy atom. The number of nitrogens with zero attached hydrogens (tertiary/aromatic N) is 5. The normalized spacial score (nSPS) is 17.4. The SMILES string of the molecule is CCOC(=O)C1C(c2ccc(-n3c(C)nc4cnccc43)cc2)=NC(OC)=NC1c1ccccc1Cl. The molecule has 2 aromatic heterocycles. The minimum atomic E-state index is -0.795. The number of benzene rings is 2. The standard InChI is InChI=1S/C27H24ClN5O3/c1-4-36-26(34)23-24(31-27(35-3)32-25(23)19-7-5-6-8-20(19)28)17-9-11-18(12-10-17)33-16(2)30-21-15-29-14-13-22(21)33/h5-15,23,25H,4H2,1-3H3. The van der Waals surface area contributed by atoms with Gasteiger partial charge in [0.2, 0.25) is 0 Å². The van der Waals surface area contributed by atoms with Crippen LogP contribution >= 0.6 is 11.6 Å². The summed E-state index contributed by atoms with van der Waals surface area (Å²) < 4.78 is 12.9. The van der Waals surface area contributed by atoms with E-state index in [1.807, 2.05) is 55.5 Å². The Bertz CT molecular complexity index is 1490. The molecule has 0 spiro atoms. The van der Waals surface area contributed by atoms with Gasteiger partial charge < -0.3 is 9.47 Å². The van der Waals surface area contributed by atoms with Crippen molar-refractivity contribution >= 4 is 40.3 Å². The first-order valence-corrected chi connectivity index (χ1v) is 11.9. The van der Waals surface area contributed by atoms with Crippen LogP contribution in [0.3, 0.4) is 0 Å². The molecular weight excluding hydrogens is 478 g/mol. The lowest BCUT2D eigenvalue weighted by Crippen LogP contribution is -2.36. The predicted molar refractivity (Wildman–Crippen MR) is 139 cm³/mol. The molecule has 1 aliphatic heterocycles. The van der Waals surface area contributed by atoms with Crippen LogP contribution in [0.1, 0.15) is 29.9 Å². The molecule has 0 saturated heterocycles. The first-order valence-electron chi connectivity index (χ1n) is 11.5. The summed E-state index contributed by atoms with van der Waals surface area (Å²) in [5.74, 6) is -0.373. The molecule has 4 aromatic rings. The molecule has 0 amide bonds. The molecule has 8 nitrogen and oxygen atoms in total. The van der Waals surface area contributed by atoms with Gasteiger partial charge in [-0.05, 0) is 49.2 Å². The Kier molecular flexibility index (Phi) is 6.52. The Labute approximate surface area is 213 Å². The number of carbonyl (C=O) groups excluding carboxylic acids is 1. The largest absolute Gasteiger partial charge is 0.467 e. The van der Waals surface area contributed by atoms with Crippen molar-refractivity contribution in [3.8, 4) is 5.69 Å². The number of fused-ring (bicyclic) bond motifs is 1. The molecule has 0 fully saturated rings. The van der Waals surface area contributed by atoms with E-state index < -0.39 is 17.9 Å². The summed E-state index contributed by atoms with van der Waals surface area (Å²) in [7, 11) is 1.50. The van der Waals surface area contributed by atoms with Gasteiger partial charge in [-0.1, -0.05) is 41.9 Å². The molecule has 1 aliphatic rings. The Hall–Kier alpha value is -4.04. The summed E-state index contributed by atoms with van der Waals surface area (Å²) in [6.45, 7) is 3.96. The van der Waals surface area contributed by atoms with Crippen LogP contribution in [0.2, 0.25) is 5.02 Å². The lowest BCUT2D eigenvalue weighted by molar-refractivity contribution is -0.146. The number of esters is 1. The number of ether oxygens (including phenoxy) is 2. The van der Waals surface area contributed by atoms with E-state index in [2.05, 4.69) is 24.5 Å². The third kappa shape index (κ3) is 4.24. The van der Waals surface area contributed by atoms with Crippen molar-refractivity contribution in [3.05, 3.63) is 89.0 Å². The maximum atomic E-state index is 13.2. The molecule has 0 aliphatic carbocycles. The Morgan fingerprint density at radius 3 is 2.61 bits per heavy atom. The van der Waals surface area contributed by atoms with E-state index in [9.17, 15) is 4.79 Å². The maximum Gasteiger partial charge on any atom is 0.317 e. The van der Waals surface area contributed by atoms with Gasteiger partial charge in [0, 0.05) is 16.9 Å². The third-order valence-electron chi connectivity index (χ3n) is 6.07. The van der Waals surface area contributed by atoms with Crippen LogP contribution in [0.5, 0.6) is 0 Å². The topological polar surface area (TPSA) is 91.0 Å². The number of methoxy groups -OCH3 is 1. The van der Waals surface area contributed by atoms with Gasteiger partial charge in [0.25, 0.3) is 0 Å². The summed E-state index contributed by atoms with van der Waals surface area (Å²) in [6.07, 6.45) is 3.49. The monoisotopic (exact) mass is 501 g/mol. The second-order valence-electron chi connectivity index (χ2n) is 8.21. The number of aliphatic imine (C=N–C) groups is 2. The van der Waals surface area contributed by atoms with E-state index in [0.29, 0.717) is 16.3 Å². The minimum Gasteiger partial charge on any atom is -0.467 e. The van der Waals surface area contributed by atoms with Crippen LogP contribution in [0.15, 0.2) is 77.0 Å². The van der Waals surface area contributed by atoms with E-state index in [-0.39, 0.29) is 12.6 Å². The molecule has 0 saturated carbocycles. The van der Waals surface area contributed by atoms with E-state index >= 15 is 0 Å². The molecule has 2 atom stereocenters. The van der Waals surface area contributed by atoms with Gasteiger partial charge in [-0.2, -0.15) is 4.99 Å². The second-order valence-corrected chi connectivity index (χ2v) is 8.62. The zero-order valence-electron chi connectivity index (χ0n) is 20.1. The predicted octanol–water partition coefficient (Wildman–Crippen LogP) is 5.11. The number of hydrogen-bond donors (Lipinski definition) is 0. The number of aryl methyl sites for hydroxylation is 1. The number of hydrogen-bond acceptors (Lipinski definition) is 7. The highest BCUT2D eigenvalue weighted by atomic mass is 35.5. The molecule has 2 unspecified atom stereocenters. The highest BCUT2D eigenvalue weighted by Crippen LogP contribution is 2.37. The fraction of sp³-hybridized carbons (Fsp3) is 0.222. The van der Waals surface area contributed by atoms with Crippen molar-refractivity contribution in [2.24, 2.45) is 15.9 Å². The summed E-state index contributed by atoms with van der Waals surface area (Å²) in [4.78, 5) is 31.2. The van der Waals surface area contributed by atoms with E-state index in [1.54, 1.807) is 25.4 Å². The van der Waals surface area contributed by atoms with Crippen molar-refractivity contribution < 1.29 is 14.3 Å². The summed E-state index contributed by atoms with van der Waals surface area (Å²) in [6, 6.07) is 16.6. The molecule has 36 heavy (non-hydrogen) atoms. The highest BCUT2D eigenvalue weighted by molar-refractivity contribution is 6.31. The molecule has 5 rings (SSSR count). The zero-order valence-corrected chi connectivity index (χ0v) is 20.8. The number of amidine groups is 1. The smallest absolute Gasteiger partial charge is 0.317 e. The second kappa shape index (κ2) is 9.91. The zero-order chi connectivity index (χ0) is 25.2. The van der Waals surface area contributed by atoms with E-state index in [4.69, 9.17) is 21.1 Å². The van der Waals surface area contributed by atoms with Gasteiger partial charge in [-0.25, -0.2) is 9.98 Å². The van der Waals surface area contributed by atoms with Crippen molar-refractivity contribution in [2.75, 3.05) is 13.7 Å². The van der Waals surface area contributed by atoms with Gasteiger partial charge in [0.15, 0.2) is 0 Å². The van der Waals surface area contributed by atoms with E-state index in [0.717, 1.165) is 28.1 Å². The van der Waals surface area contributed by atoms with Crippen LogP contribution in [-0.2, 0) is 14.3 Å². The number of halogens is 1. The summed E-state index contributed by atoms with van der Waals surface area (Å²) in [5.41, 5.74) is 4.67. The van der Waals surface area contributed by atoms with Gasteiger partial charge >= 0.3 is 12.0 Å². The van der Waals surface area contributed by atoms with Gasteiger partial charge in [-0.3, -0.25) is 14.3 Å². The van der Waals surface area contributed by atoms with Crippen LogP contribution in [-0.4, -0.2) is 46.0 Å². The number of carbonyl (C=O) groups is 1. The average molecular weight is 502 g/mol.